The topological polar surface area (TPSA) is 82.5 Å². The molecular weight excluding hydrogens is 530 g/mol. The molecule has 1 amide bonds. The third-order valence-corrected chi connectivity index (χ3v) is 8.46. The first-order chi connectivity index (χ1) is 19.7. The van der Waals surface area contributed by atoms with E-state index in [4.69, 9.17) is 10.1 Å². The molecule has 0 spiro atoms. The highest BCUT2D eigenvalue weighted by atomic mass is 32.1. The van der Waals surface area contributed by atoms with Crippen LogP contribution in [-0.4, -0.2) is 28.5 Å². The van der Waals surface area contributed by atoms with Gasteiger partial charge in [0.1, 0.15) is 0 Å². The molecule has 41 heavy (non-hydrogen) atoms. The first-order valence-corrected chi connectivity index (χ1v) is 15.1. The van der Waals surface area contributed by atoms with Crippen molar-refractivity contribution in [3.8, 4) is 11.3 Å². The number of aliphatic carboxylic acids is 1. The summed E-state index contributed by atoms with van der Waals surface area (Å²) in [5.41, 5.74) is 9.00. The van der Waals surface area contributed by atoms with Gasteiger partial charge in [-0.3, -0.25) is 9.59 Å². The Morgan fingerprint density at radius 3 is 2.34 bits per heavy atom. The fraction of sp³-hybridized carbons (Fsp3) is 0.324. The summed E-state index contributed by atoms with van der Waals surface area (Å²) in [5, 5.41) is 14.5. The first kappa shape index (κ1) is 28.6. The average molecular weight is 568 g/mol. The van der Waals surface area contributed by atoms with E-state index in [0.717, 1.165) is 40.5 Å². The summed E-state index contributed by atoms with van der Waals surface area (Å²) in [6.45, 7) is 7.37. The van der Waals surface area contributed by atoms with Crippen LogP contribution >= 0.6 is 11.3 Å². The van der Waals surface area contributed by atoms with Crippen molar-refractivity contribution >= 4 is 34.0 Å². The van der Waals surface area contributed by atoms with E-state index in [1.165, 1.54) is 29.5 Å². The molecule has 212 valence electrons. The SMILES string of the molecule is CC(C)(C)c1ccc(-c2csc(N(Cc3ccc(C(=O)NCCC(=O)O)cc3)c3ccc4c(c3)CCCC4)n2)cc1. The van der Waals surface area contributed by atoms with Gasteiger partial charge in [0.15, 0.2) is 5.13 Å². The first-order valence-electron chi connectivity index (χ1n) is 14.2. The fourth-order valence-electron chi connectivity index (χ4n) is 5.15. The van der Waals surface area contributed by atoms with E-state index in [0.29, 0.717) is 12.1 Å². The maximum atomic E-state index is 12.4. The zero-order chi connectivity index (χ0) is 29.0. The Hall–Kier alpha value is -3.97. The number of aryl methyl sites for hydroxylation is 2. The minimum atomic E-state index is -0.935. The fourth-order valence-corrected chi connectivity index (χ4v) is 6.00. The molecule has 6 nitrogen and oxygen atoms in total. The number of hydrogen-bond acceptors (Lipinski definition) is 5. The number of carbonyl (C=O) groups is 2. The van der Waals surface area contributed by atoms with Crippen LogP contribution in [0.2, 0.25) is 0 Å². The molecule has 0 aliphatic heterocycles. The lowest BCUT2D eigenvalue weighted by atomic mass is 9.86. The Morgan fingerprint density at radius 2 is 1.66 bits per heavy atom. The van der Waals surface area contributed by atoms with Crippen LogP contribution in [0.25, 0.3) is 11.3 Å². The number of hydrogen-bond donors (Lipinski definition) is 2. The van der Waals surface area contributed by atoms with Gasteiger partial charge in [-0.25, -0.2) is 4.98 Å². The summed E-state index contributed by atoms with van der Waals surface area (Å²) in [5.74, 6) is -1.21. The molecule has 0 atom stereocenters. The van der Waals surface area contributed by atoms with Crippen molar-refractivity contribution in [3.05, 3.63) is 99.9 Å². The smallest absolute Gasteiger partial charge is 0.305 e. The number of benzene rings is 3. The molecule has 0 bridgehead atoms. The lowest BCUT2D eigenvalue weighted by molar-refractivity contribution is -0.136. The van der Waals surface area contributed by atoms with Gasteiger partial charge in [0.25, 0.3) is 5.91 Å². The van der Waals surface area contributed by atoms with Crippen molar-refractivity contribution in [2.45, 2.75) is 64.8 Å². The minimum Gasteiger partial charge on any atom is -0.481 e. The second kappa shape index (κ2) is 12.3. The molecule has 3 aromatic carbocycles. The zero-order valence-electron chi connectivity index (χ0n) is 23.9. The highest BCUT2D eigenvalue weighted by Crippen LogP contribution is 2.36. The molecule has 1 heterocycles. The zero-order valence-corrected chi connectivity index (χ0v) is 24.8. The van der Waals surface area contributed by atoms with Gasteiger partial charge >= 0.3 is 5.97 Å². The maximum Gasteiger partial charge on any atom is 0.305 e. The number of amides is 1. The molecule has 2 N–H and O–H groups in total. The molecule has 1 aromatic heterocycles. The minimum absolute atomic E-state index is 0.101. The van der Waals surface area contributed by atoms with Crippen molar-refractivity contribution in [1.82, 2.24) is 10.3 Å². The van der Waals surface area contributed by atoms with Gasteiger partial charge in [-0.1, -0.05) is 63.2 Å². The summed E-state index contributed by atoms with van der Waals surface area (Å²) in [4.78, 5) is 30.5. The van der Waals surface area contributed by atoms with E-state index in [1.54, 1.807) is 23.5 Å². The summed E-state index contributed by atoms with van der Waals surface area (Å²) < 4.78 is 0. The number of rotatable bonds is 9. The Morgan fingerprint density at radius 1 is 0.951 bits per heavy atom. The van der Waals surface area contributed by atoms with Crippen molar-refractivity contribution < 1.29 is 14.7 Å². The largest absolute Gasteiger partial charge is 0.481 e. The predicted octanol–water partition coefficient (Wildman–Crippen LogP) is 7.53. The summed E-state index contributed by atoms with van der Waals surface area (Å²) in [6.07, 6.45) is 4.61. The van der Waals surface area contributed by atoms with Crippen LogP contribution in [0.1, 0.15) is 72.6 Å². The second-order valence-corrected chi connectivity index (χ2v) is 12.5. The van der Waals surface area contributed by atoms with Crippen LogP contribution in [0.4, 0.5) is 10.8 Å². The standard InChI is InChI=1S/C34H37N3O3S/c1-34(2,3)28-15-12-25(13-16-28)30-22-41-33(36-30)37(29-17-14-24-6-4-5-7-27(24)20-29)21-23-8-10-26(11-9-23)32(40)35-19-18-31(38)39/h8-17,20,22H,4-7,18-19,21H2,1-3H3,(H,35,40)(H,38,39). The number of nitrogens with zero attached hydrogens (tertiary/aromatic N) is 2. The number of carboxylic acids is 1. The van der Waals surface area contributed by atoms with Gasteiger partial charge in [-0.2, -0.15) is 0 Å². The molecule has 0 saturated carbocycles. The van der Waals surface area contributed by atoms with Gasteiger partial charge in [0.05, 0.1) is 18.7 Å². The summed E-state index contributed by atoms with van der Waals surface area (Å²) in [6, 6.07) is 23.0. The lowest BCUT2D eigenvalue weighted by Gasteiger charge is -2.25. The van der Waals surface area contributed by atoms with Crippen LogP contribution in [0.15, 0.2) is 72.1 Å². The monoisotopic (exact) mass is 567 g/mol. The van der Waals surface area contributed by atoms with Gasteiger partial charge < -0.3 is 15.3 Å². The molecule has 0 fully saturated rings. The van der Waals surface area contributed by atoms with Crippen LogP contribution in [0.5, 0.6) is 0 Å². The number of carbonyl (C=O) groups excluding carboxylic acids is 1. The number of nitrogens with one attached hydrogen (secondary N) is 1. The van der Waals surface area contributed by atoms with E-state index in [1.807, 2.05) is 12.1 Å². The predicted molar refractivity (Wildman–Crippen MR) is 166 cm³/mol. The lowest BCUT2D eigenvalue weighted by Crippen LogP contribution is -2.26. The Balaban J connectivity index is 1.41. The van der Waals surface area contributed by atoms with E-state index in [9.17, 15) is 9.59 Å². The van der Waals surface area contributed by atoms with Crippen molar-refractivity contribution in [3.63, 3.8) is 0 Å². The Labute approximate surface area is 246 Å². The van der Waals surface area contributed by atoms with Gasteiger partial charge in [-0.15, -0.1) is 11.3 Å². The highest BCUT2D eigenvalue weighted by molar-refractivity contribution is 7.14. The molecule has 1 aliphatic rings. The Bertz CT molecular complexity index is 1520. The molecule has 7 heteroatoms. The molecule has 0 saturated heterocycles. The highest BCUT2D eigenvalue weighted by Gasteiger charge is 2.19. The third-order valence-electron chi connectivity index (χ3n) is 7.59. The van der Waals surface area contributed by atoms with Crippen LogP contribution in [0, 0.1) is 0 Å². The average Bonchev–Trinajstić information content (AvgIpc) is 3.45. The van der Waals surface area contributed by atoms with E-state index in [-0.39, 0.29) is 24.3 Å². The van der Waals surface area contributed by atoms with Crippen LogP contribution in [-0.2, 0) is 29.6 Å². The quantitative estimate of drug-likeness (QED) is 0.218. The van der Waals surface area contributed by atoms with E-state index >= 15 is 0 Å². The second-order valence-electron chi connectivity index (χ2n) is 11.7. The van der Waals surface area contributed by atoms with Crippen molar-refractivity contribution in [2.75, 3.05) is 11.4 Å². The molecule has 0 unspecified atom stereocenters. The summed E-state index contributed by atoms with van der Waals surface area (Å²) in [7, 11) is 0. The van der Waals surface area contributed by atoms with Crippen LogP contribution in [0.3, 0.4) is 0 Å². The van der Waals surface area contributed by atoms with Gasteiger partial charge in [0, 0.05) is 28.7 Å². The van der Waals surface area contributed by atoms with Crippen molar-refractivity contribution in [1.29, 1.82) is 0 Å². The summed E-state index contributed by atoms with van der Waals surface area (Å²) >= 11 is 1.64. The van der Waals surface area contributed by atoms with Gasteiger partial charge in [-0.05, 0) is 77.6 Å². The molecule has 5 rings (SSSR count). The number of aromatic nitrogens is 1. The number of carboxylic acid groups (broad SMARTS) is 1. The Kier molecular flexibility index (Phi) is 8.54. The number of thiazole rings is 1. The molecule has 1 aliphatic carbocycles. The van der Waals surface area contributed by atoms with Crippen molar-refractivity contribution in [2.24, 2.45) is 0 Å². The number of anilines is 2. The van der Waals surface area contributed by atoms with Gasteiger partial charge in [0.2, 0.25) is 0 Å². The van der Waals surface area contributed by atoms with Crippen LogP contribution < -0.4 is 10.2 Å². The third kappa shape index (κ3) is 7.03. The van der Waals surface area contributed by atoms with E-state index < -0.39 is 5.97 Å². The molecule has 0 radical (unpaired) electrons. The maximum absolute atomic E-state index is 12.4. The van der Waals surface area contributed by atoms with E-state index in [2.05, 4.69) is 78.8 Å². The normalized spacial score (nSPS) is 13.0. The number of fused-ring (bicyclic) bond motifs is 1. The molecule has 4 aromatic rings. The molecular formula is C34H37N3O3S.